The highest BCUT2D eigenvalue weighted by Crippen LogP contribution is 2.19. The van der Waals surface area contributed by atoms with Gasteiger partial charge in [-0.15, -0.1) is 0 Å². The van der Waals surface area contributed by atoms with Gasteiger partial charge in [0.2, 0.25) is 5.91 Å². The number of benzene rings is 1. The normalized spacial score (nSPS) is 10.8. The number of fused-ring (bicyclic) bond motifs is 1. The third kappa shape index (κ3) is 2.79. The summed E-state index contributed by atoms with van der Waals surface area (Å²) < 4.78 is 1.95. The van der Waals surface area contributed by atoms with Gasteiger partial charge in [-0.1, -0.05) is 12.1 Å². The van der Waals surface area contributed by atoms with E-state index in [4.69, 9.17) is 0 Å². The molecule has 106 valence electrons. The largest absolute Gasteiger partial charge is 0.335 e. The molecule has 0 unspecified atom stereocenters. The molecule has 0 fully saturated rings. The van der Waals surface area contributed by atoms with Gasteiger partial charge in [0.25, 0.3) is 0 Å². The molecule has 4 nitrogen and oxygen atoms in total. The fraction of sp³-hybridized carbons (Fsp3) is 0.176. The van der Waals surface area contributed by atoms with Crippen LogP contribution < -0.4 is 5.32 Å². The van der Waals surface area contributed by atoms with Crippen LogP contribution in [-0.2, 0) is 18.3 Å². The van der Waals surface area contributed by atoms with E-state index in [1.165, 1.54) is 0 Å². The fourth-order valence-electron chi connectivity index (χ4n) is 2.53. The van der Waals surface area contributed by atoms with E-state index in [0.717, 1.165) is 27.8 Å². The molecule has 0 radical (unpaired) electrons. The minimum absolute atomic E-state index is 0.0167. The van der Waals surface area contributed by atoms with Crippen LogP contribution in [0.15, 0.2) is 48.8 Å². The second kappa shape index (κ2) is 5.40. The van der Waals surface area contributed by atoms with Gasteiger partial charge in [-0.25, -0.2) is 4.98 Å². The Kier molecular flexibility index (Phi) is 3.44. The highest BCUT2D eigenvalue weighted by molar-refractivity contribution is 5.95. The Hall–Kier alpha value is -2.62. The first-order valence-corrected chi connectivity index (χ1v) is 6.89. The van der Waals surface area contributed by atoms with E-state index in [9.17, 15) is 4.79 Å². The quantitative estimate of drug-likeness (QED) is 0.801. The Labute approximate surface area is 123 Å². The maximum absolute atomic E-state index is 12.2. The maximum Gasteiger partial charge on any atom is 0.228 e. The van der Waals surface area contributed by atoms with E-state index in [1.807, 2.05) is 61.1 Å². The lowest BCUT2D eigenvalue weighted by molar-refractivity contribution is -0.115. The summed E-state index contributed by atoms with van der Waals surface area (Å²) in [6.45, 7) is 2.01. The van der Waals surface area contributed by atoms with Crippen molar-refractivity contribution in [2.75, 3.05) is 5.32 Å². The van der Waals surface area contributed by atoms with Crippen molar-refractivity contribution in [3.63, 3.8) is 0 Å². The van der Waals surface area contributed by atoms with Crippen molar-refractivity contribution in [2.45, 2.75) is 13.3 Å². The molecule has 1 amide bonds. The van der Waals surface area contributed by atoms with Crippen molar-refractivity contribution in [3.8, 4) is 0 Å². The standard InChI is InChI=1S/C17H17N3O/c1-12-5-3-6-14(9-12)19-16(21)10-13-11-20(2)17-15(13)7-4-8-18-17/h3-9,11H,10H2,1-2H3,(H,19,21). The lowest BCUT2D eigenvalue weighted by Gasteiger charge is -2.05. The Balaban J connectivity index is 1.80. The number of amides is 1. The number of nitrogens with one attached hydrogen (secondary N) is 1. The number of anilines is 1. The second-order valence-corrected chi connectivity index (χ2v) is 5.23. The van der Waals surface area contributed by atoms with Crippen LogP contribution in [0.2, 0.25) is 0 Å². The number of carbonyl (C=O) groups excluding carboxylic acids is 1. The van der Waals surface area contributed by atoms with Crippen LogP contribution in [0.1, 0.15) is 11.1 Å². The molecule has 0 saturated carbocycles. The monoisotopic (exact) mass is 279 g/mol. The van der Waals surface area contributed by atoms with Crippen molar-refractivity contribution in [3.05, 3.63) is 59.9 Å². The molecule has 1 aromatic carbocycles. The van der Waals surface area contributed by atoms with Crippen LogP contribution in [0.3, 0.4) is 0 Å². The van der Waals surface area contributed by atoms with Crippen LogP contribution in [0, 0.1) is 6.92 Å². The minimum atomic E-state index is -0.0167. The summed E-state index contributed by atoms with van der Waals surface area (Å²) in [4.78, 5) is 16.5. The van der Waals surface area contributed by atoms with E-state index in [2.05, 4.69) is 10.3 Å². The van der Waals surface area contributed by atoms with Crippen molar-refractivity contribution >= 4 is 22.6 Å². The van der Waals surface area contributed by atoms with Crippen molar-refractivity contribution in [1.29, 1.82) is 0 Å². The van der Waals surface area contributed by atoms with Gasteiger partial charge in [0.15, 0.2) is 0 Å². The molecule has 3 aromatic rings. The minimum Gasteiger partial charge on any atom is -0.335 e. The van der Waals surface area contributed by atoms with Crippen molar-refractivity contribution < 1.29 is 4.79 Å². The number of hydrogen-bond donors (Lipinski definition) is 1. The van der Waals surface area contributed by atoms with Crippen LogP contribution >= 0.6 is 0 Å². The summed E-state index contributed by atoms with van der Waals surface area (Å²) in [6, 6.07) is 11.7. The van der Waals surface area contributed by atoms with E-state index >= 15 is 0 Å². The van der Waals surface area contributed by atoms with Gasteiger partial charge in [0, 0.05) is 30.5 Å². The molecule has 0 aliphatic carbocycles. The van der Waals surface area contributed by atoms with Gasteiger partial charge in [-0.05, 0) is 42.3 Å². The molecule has 0 atom stereocenters. The highest BCUT2D eigenvalue weighted by atomic mass is 16.1. The molecular formula is C17H17N3O. The summed E-state index contributed by atoms with van der Waals surface area (Å²) in [5.74, 6) is -0.0167. The average Bonchev–Trinajstić information content (AvgIpc) is 2.76. The number of rotatable bonds is 3. The molecule has 2 aromatic heterocycles. The predicted molar refractivity (Wildman–Crippen MR) is 84.2 cm³/mol. The predicted octanol–water partition coefficient (Wildman–Crippen LogP) is 3.06. The number of hydrogen-bond acceptors (Lipinski definition) is 2. The first-order valence-electron chi connectivity index (χ1n) is 6.89. The summed E-state index contributed by atoms with van der Waals surface area (Å²) in [5, 5.41) is 3.96. The fourth-order valence-corrected chi connectivity index (χ4v) is 2.53. The van der Waals surface area contributed by atoms with E-state index in [-0.39, 0.29) is 5.91 Å². The Bertz CT molecular complexity index is 805. The number of nitrogens with zero attached hydrogens (tertiary/aromatic N) is 2. The summed E-state index contributed by atoms with van der Waals surface area (Å²) in [5.41, 5.74) is 3.85. The number of aryl methyl sites for hydroxylation is 2. The van der Waals surface area contributed by atoms with Crippen molar-refractivity contribution in [2.24, 2.45) is 7.05 Å². The lowest BCUT2D eigenvalue weighted by Crippen LogP contribution is -2.14. The third-order valence-corrected chi connectivity index (χ3v) is 3.47. The molecule has 0 aliphatic heterocycles. The number of carbonyl (C=O) groups is 1. The van der Waals surface area contributed by atoms with E-state index < -0.39 is 0 Å². The van der Waals surface area contributed by atoms with Crippen LogP contribution in [0.4, 0.5) is 5.69 Å². The lowest BCUT2D eigenvalue weighted by atomic mass is 10.1. The number of pyridine rings is 1. The van der Waals surface area contributed by atoms with Gasteiger partial charge in [-0.2, -0.15) is 0 Å². The van der Waals surface area contributed by atoms with Crippen LogP contribution in [0.5, 0.6) is 0 Å². The molecule has 0 saturated heterocycles. The average molecular weight is 279 g/mol. The third-order valence-electron chi connectivity index (χ3n) is 3.47. The van der Waals surface area contributed by atoms with Gasteiger partial charge in [0.05, 0.1) is 6.42 Å². The van der Waals surface area contributed by atoms with Gasteiger partial charge in [0.1, 0.15) is 5.65 Å². The molecule has 3 rings (SSSR count). The summed E-state index contributed by atoms with van der Waals surface area (Å²) in [7, 11) is 1.94. The molecular weight excluding hydrogens is 262 g/mol. The molecule has 1 N–H and O–H groups in total. The second-order valence-electron chi connectivity index (χ2n) is 5.23. The Morgan fingerprint density at radius 3 is 2.95 bits per heavy atom. The van der Waals surface area contributed by atoms with E-state index in [1.54, 1.807) is 6.20 Å². The van der Waals surface area contributed by atoms with Gasteiger partial charge in [-0.3, -0.25) is 4.79 Å². The Morgan fingerprint density at radius 2 is 2.14 bits per heavy atom. The van der Waals surface area contributed by atoms with Gasteiger partial charge < -0.3 is 9.88 Å². The Morgan fingerprint density at radius 1 is 1.29 bits per heavy atom. The molecule has 0 aliphatic rings. The topological polar surface area (TPSA) is 46.9 Å². The first kappa shape index (κ1) is 13.4. The zero-order valence-electron chi connectivity index (χ0n) is 12.1. The van der Waals surface area contributed by atoms with Gasteiger partial charge >= 0.3 is 0 Å². The summed E-state index contributed by atoms with van der Waals surface area (Å²) in [6.07, 6.45) is 4.07. The van der Waals surface area contributed by atoms with Crippen LogP contribution in [-0.4, -0.2) is 15.5 Å². The van der Waals surface area contributed by atoms with E-state index in [0.29, 0.717) is 6.42 Å². The molecule has 0 bridgehead atoms. The zero-order valence-corrected chi connectivity index (χ0v) is 12.1. The first-order chi connectivity index (χ1) is 10.1. The molecule has 4 heteroatoms. The molecule has 0 spiro atoms. The zero-order chi connectivity index (χ0) is 14.8. The SMILES string of the molecule is Cc1cccc(NC(=O)Cc2cn(C)c3ncccc23)c1. The molecule has 2 heterocycles. The van der Waals surface area contributed by atoms with Crippen LogP contribution in [0.25, 0.3) is 11.0 Å². The molecule has 21 heavy (non-hydrogen) atoms. The smallest absolute Gasteiger partial charge is 0.228 e. The number of aromatic nitrogens is 2. The van der Waals surface area contributed by atoms with Crippen molar-refractivity contribution in [1.82, 2.24) is 9.55 Å². The highest BCUT2D eigenvalue weighted by Gasteiger charge is 2.11. The summed E-state index contributed by atoms with van der Waals surface area (Å²) >= 11 is 0. The maximum atomic E-state index is 12.2.